The van der Waals surface area contributed by atoms with Crippen LogP contribution < -0.4 is 0 Å². The Hall–Kier alpha value is -0.980. The van der Waals surface area contributed by atoms with Crippen molar-refractivity contribution in [2.45, 2.75) is 6.61 Å². The van der Waals surface area contributed by atoms with Gasteiger partial charge in [-0.05, 0) is 30.6 Å². The zero-order chi connectivity index (χ0) is 8.10. The van der Waals surface area contributed by atoms with Crippen LogP contribution in [0, 0.1) is 11.3 Å². The molecule has 56 valence electrons. The molecule has 1 aromatic carbocycles. The Bertz CT molecular complexity index is 280. The molecular formula is C8H7NOS. The van der Waals surface area contributed by atoms with E-state index in [0.29, 0.717) is 12.2 Å². The lowest BCUT2D eigenvalue weighted by Gasteiger charge is -1.96. The molecule has 0 heterocycles. The summed E-state index contributed by atoms with van der Waals surface area (Å²) in [5.74, 6) is 0. The summed E-state index contributed by atoms with van der Waals surface area (Å²) in [6.07, 6.45) is 0. The van der Waals surface area contributed by atoms with Gasteiger partial charge in [-0.1, -0.05) is 12.1 Å². The van der Waals surface area contributed by atoms with Crippen LogP contribution in [0.1, 0.15) is 11.1 Å². The smallest absolute Gasteiger partial charge is 0.0991 e. The van der Waals surface area contributed by atoms with Gasteiger partial charge in [-0.2, -0.15) is 5.26 Å². The summed E-state index contributed by atoms with van der Waals surface area (Å²) in [6, 6.07) is 9.28. The van der Waals surface area contributed by atoms with Crippen LogP contribution in [0.5, 0.6) is 0 Å². The highest BCUT2D eigenvalue weighted by Gasteiger charge is 1.92. The molecular weight excluding hydrogens is 158 g/mol. The molecule has 11 heavy (non-hydrogen) atoms. The van der Waals surface area contributed by atoms with E-state index in [1.54, 1.807) is 12.1 Å². The first-order valence-electron chi connectivity index (χ1n) is 3.12. The fourth-order valence-corrected chi connectivity index (χ4v) is 0.954. The number of thiol groups is 1. The van der Waals surface area contributed by atoms with Crippen LogP contribution in [-0.4, -0.2) is 0 Å². The standard InChI is InChI=1S/C8H7NOS/c9-5-7-2-1-3-8(4-7)6-10-11/h1-4,11H,6H2. The van der Waals surface area contributed by atoms with E-state index in [-0.39, 0.29) is 0 Å². The first kappa shape index (κ1) is 8.12. The van der Waals surface area contributed by atoms with Gasteiger partial charge in [-0.3, -0.25) is 0 Å². The van der Waals surface area contributed by atoms with E-state index in [1.165, 1.54) is 0 Å². The lowest BCUT2D eigenvalue weighted by atomic mass is 10.1. The van der Waals surface area contributed by atoms with Crippen molar-refractivity contribution < 1.29 is 4.18 Å². The van der Waals surface area contributed by atoms with Gasteiger partial charge in [0.2, 0.25) is 0 Å². The molecule has 0 atom stereocenters. The Labute approximate surface area is 71.0 Å². The molecule has 1 rings (SSSR count). The Kier molecular flexibility index (Phi) is 2.96. The van der Waals surface area contributed by atoms with Crippen molar-refractivity contribution in [2.75, 3.05) is 0 Å². The zero-order valence-corrected chi connectivity index (χ0v) is 6.71. The van der Waals surface area contributed by atoms with Crippen molar-refractivity contribution in [3.05, 3.63) is 35.4 Å². The van der Waals surface area contributed by atoms with Gasteiger partial charge in [0.15, 0.2) is 0 Å². The second-order valence-corrected chi connectivity index (χ2v) is 2.34. The van der Waals surface area contributed by atoms with Crippen LogP contribution in [0.15, 0.2) is 24.3 Å². The molecule has 0 fully saturated rings. The second-order valence-electron chi connectivity index (χ2n) is 2.09. The number of nitrogens with zero attached hydrogens (tertiary/aromatic N) is 1. The van der Waals surface area contributed by atoms with Gasteiger partial charge < -0.3 is 4.18 Å². The van der Waals surface area contributed by atoms with Crippen molar-refractivity contribution in [1.29, 1.82) is 5.26 Å². The van der Waals surface area contributed by atoms with Gasteiger partial charge in [0.1, 0.15) is 0 Å². The maximum Gasteiger partial charge on any atom is 0.0991 e. The number of hydrogen-bond donors (Lipinski definition) is 1. The minimum atomic E-state index is 0.429. The molecule has 0 radical (unpaired) electrons. The van der Waals surface area contributed by atoms with Crippen molar-refractivity contribution in [2.24, 2.45) is 0 Å². The van der Waals surface area contributed by atoms with E-state index < -0.39 is 0 Å². The number of nitriles is 1. The largest absolute Gasteiger partial charge is 0.314 e. The number of rotatable bonds is 2. The molecule has 0 saturated carbocycles. The van der Waals surface area contributed by atoms with Crippen LogP contribution in [0.4, 0.5) is 0 Å². The van der Waals surface area contributed by atoms with Gasteiger partial charge in [0.05, 0.1) is 18.2 Å². The van der Waals surface area contributed by atoms with E-state index in [4.69, 9.17) is 5.26 Å². The Morgan fingerprint density at radius 2 is 2.36 bits per heavy atom. The maximum absolute atomic E-state index is 8.52. The van der Waals surface area contributed by atoms with Crippen molar-refractivity contribution in [3.63, 3.8) is 0 Å². The van der Waals surface area contributed by atoms with E-state index in [0.717, 1.165) is 5.56 Å². The normalized spacial score (nSPS) is 9.09. The molecule has 1 aromatic rings. The van der Waals surface area contributed by atoms with Gasteiger partial charge in [0.25, 0.3) is 0 Å². The minimum absolute atomic E-state index is 0.429. The third-order valence-corrected chi connectivity index (χ3v) is 1.42. The van der Waals surface area contributed by atoms with Gasteiger partial charge >= 0.3 is 0 Å². The van der Waals surface area contributed by atoms with Crippen LogP contribution in [-0.2, 0) is 10.8 Å². The van der Waals surface area contributed by atoms with Crippen molar-refractivity contribution in [3.8, 4) is 6.07 Å². The van der Waals surface area contributed by atoms with Crippen molar-refractivity contribution in [1.82, 2.24) is 0 Å². The van der Waals surface area contributed by atoms with Crippen LogP contribution in [0.2, 0.25) is 0 Å². The molecule has 0 N–H and O–H groups in total. The average molecular weight is 165 g/mol. The first-order chi connectivity index (χ1) is 5.36. The summed E-state index contributed by atoms with van der Waals surface area (Å²) < 4.78 is 4.61. The van der Waals surface area contributed by atoms with Crippen molar-refractivity contribution >= 4 is 12.9 Å². The second kappa shape index (κ2) is 4.02. The summed E-state index contributed by atoms with van der Waals surface area (Å²) in [6.45, 7) is 0.429. The first-order valence-corrected chi connectivity index (χ1v) is 3.48. The highest BCUT2D eigenvalue weighted by Crippen LogP contribution is 2.05. The molecule has 0 aliphatic rings. The quantitative estimate of drug-likeness (QED) is 0.536. The summed E-state index contributed by atoms with van der Waals surface area (Å²) in [5, 5.41) is 8.52. The number of hydrogen-bond acceptors (Lipinski definition) is 3. The molecule has 0 aliphatic carbocycles. The lowest BCUT2D eigenvalue weighted by molar-refractivity contribution is 0.372. The Morgan fingerprint density at radius 1 is 1.55 bits per heavy atom. The predicted octanol–water partition coefficient (Wildman–Crippen LogP) is 1.92. The summed E-state index contributed by atoms with van der Waals surface area (Å²) in [7, 11) is 0. The molecule has 0 saturated heterocycles. The Morgan fingerprint density at radius 3 is 3.00 bits per heavy atom. The Balaban J connectivity index is 2.85. The van der Waals surface area contributed by atoms with Gasteiger partial charge in [-0.15, -0.1) is 0 Å². The molecule has 2 nitrogen and oxygen atoms in total. The summed E-state index contributed by atoms with van der Waals surface area (Å²) in [4.78, 5) is 0. The van der Waals surface area contributed by atoms with Crippen LogP contribution in [0.3, 0.4) is 0 Å². The molecule has 0 unspecified atom stereocenters. The SMILES string of the molecule is N#Cc1cccc(COS)c1. The summed E-state index contributed by atoms with van der Waals surface area (Å²) >= 11 is 3.61. The van der Waals surface area contributed by atoms with Crippen LogP contribution >= 0.6 is 12.9 Å². The minimum Gasteiger partial charge on any atom is -0.314 e. The zero-order valence-electron chi connectivity index (χ0n) is 5.82. The van der Waals surface area contributed by atoms with E-state index >= 15 is 0 Å². The fraction of sp³-hybridized carbons (Fsp3) is 0.125. The maximum atomic E-state index is 8.52. The number of benzene rings is 1. The molecule has 3 heteroatoms. The van der Waals surface area contributed by atoms with Gasteiger partial charge in [-0.25, -0.2) is 0 Å². The topological polar surface area (TPSA) is 33.0 Å². The van der Waals surface area contributed by atoms with E-state index in [9.17, 15) is 0 Å². The van der Waals surface area contributed by atoms with Crippen LogP contribution in [0.25, 0.3) is 0 Å². The highest BCUT2D eigenvalue weighted by atomic mass is 32.1. The molecule has 0 aromatic heterocycles. The monoisotopic (exact) mass is 165 g/mol. The molecule has 0 spiro atoms. The third kappa shape index (κ3) is 2.26. The fourth-order valence-electron chi connectivity index (χ4n) is 0.805. The predicted molar refractivity (Wildman–Crippen MR) is 44.9 cm³/mol. The molecule has 0 aliphatic heterocycles. The third-order valence-electron chi connectivity index (χ3n) is 1.29. The van der Waals surface area contributed by atoms with Gasteiger partial charge in [0, 0.05) is 0 Å². The average Bonchev–Trinajstić information content (AvgIpc) is 2.06. The molecule has 0 amide bonds. The van der Waals surface area contributed by atoms with E-state index in [2.05, 4.69) is 17.1 Å². The molecule has 0 bridgehead atoms. The summed E-state index contributed by atoms with van der Waals surface area (Å²) in [5.41, 5.74) is 1.60. The highest BCUT2D eigenvalue weighted by molar-refractivity contribution is 7.75. The lowest BCUT2D eigenvalue weighted by Crippen LogP contribution is -1.84. The van der Waals surface area contributed by atoms with E-state index in [1.807, 2.05) is 18.2 Å².